The van der Waals surface area contributed by atoms with Crippen molar-refractivity contribution in [2.45, 2.75) is 31.7 Å². The molecule has 0 spiro atoms. The number of aromatic nitrogens is 1. The molecular formula is C12H17N3O3S. The number of hydrogen-bond donors (Lipinski definition) is 3. The molecule has 0 aliphatic carbocycles. The first kappa shape index (κ1) is 14.0. The molecule has 0 bridgehead atoms. The number of nitrogens with one attached hydrogen (secondary N) is 2. The molecule has 1 aromatic rings. The van der Waals surface area contributed by atoms with Gasteiger partial charge in [-0.25, -0.2) is 9.78 Å². The molecule has 1 aromatic heterocycles. The van der Waals surface area contributed by atoms with Gasteiger partial charge in [0.05, 0.1) is 11.0 Å². The summed E-state index contributed by atoms with van der Waals surface area (Å²) in [5, 5.41) is 17.0. The van der Waals surface area contributed by atoms with Crippen molar-refractivity contribution in [1.82, 2.24) is 15.6 Å². The van der Waals surface area contributed by atoms with Crippen molar-refractivity contribution in [1.29, 1.82) is 0 Å². The van der Waals surface area contributed by atoms with Gasteiger partial charge in [-0.15, -0.1) is 11.3 Å². The van der Waals surface area contributed by atoms with E-state index in [0.29, 0.717) is 13.0 Å². The van der Waals surface area contributed by atoms with E-state index in [-0.39, 0.29) is 17.6 Å². The summed E-state index contributed by atoms with van der Waals surface area (Å²) in [7, 11) is 0. The number of aromatic carboxylic acids is 1. The molecule has 2 rings (SSSR count). The average Bonchev–Trinajstić information content (AvgIpc) is 2.89. The van der Waals surface area contributed by atoms with Gasteiger partial charge in [0.25, 0.3) is 0 Å². The number of piperidine rings is 1. The molecule has 0 unspecified atom stereocenters. The summed E-state index contributed by atoms with van der Waals surface area (Å²) in [6.45, 7) is 1.39. The van der Waals surface area contributed by atoms with Crippen molar-refractivity contribution in [3.05, 3.63) is 16.1 Å². The lowest BCUT2D eigenvalue weighted by molar-refractivity contribution is -0.123. The van der Waals surface area contributed by atoms with Gasteiger partial charge in [0, 0.05) is 18.3 Å². The Kier molecular flexibility index (Phi) is 4.86. The molecule has 0 radical (unpaired) electrons. The number of nitrogens with zero attached hydrogens (tertiary/aromatic N) is 1. The first-order valence-corrected chi connectivity index (χ1v) is 7.23. The van der Waals surface area contributed by atoms with Crippen LogP contribution in [0, 0.1) is 0 Å². The van der Waals surface area contributed by atoms with Crippen LogP contribution in [0.3, 0.4) is 0 Å². The van der Waals surface area contributed by atoms with Crippen LogP contribution in [0.15, 0.2) is 5.38 Å². The van der Waals surface area contributed by atoms with E-state index in [1.165, 1.54) is 16.7 Å². The summed E-state index contributed by atoms with van der Waals surface area (Å²) in [5.74, 6) is -0.993. The van der Waals surface area contributed by atoms with Crippen molar-refractivity contribution < 1.29 is 14.7 Å². The summed E-state index contributed by atoms with van der Waals surface area (Å²) in [4.78, 5) is 26.5. The second kappa shape index (κ2) is 6.63. The van der Waals surface area contributed by atoms with E-state index in [4.69, 9.17) is 5.11 Å². The SMILES string of the molecule is O=C(O)c1csc(CCNC(=O)[C@H]2CCCCN2)n1. The third-order valence-electron chi connectivity index (χ3n) is 3.04. The number of amides is 1. The highest BCUT2D eigenvalue weighted by atomic mass is 32.1. The molecule has 1 fully saturated rings. The molecule has 1 saturated heterocycles. The van der Waals surface area contributed by atoms with Crippen LogP contribution in [0.25, 0.3) is 0 Å². The Morgan fingerprint density at radius 3 is 3.00 bits per heavy atom. The number of rotatable bonds is 5. The topological polar surface area (TPSA) is 91.3 Å². The molecule has 3 N–H and O–H groups in total. The fourth-order valence-corrected chi connectivity index (χ4v) is 2.79. The molecule has 19 heavy (non-hydrogen) atoms. The van der Waals surface area contributed by atoms with Gasteiger partial charge in [0.15, 0.2) is 5.69 Å². The quantitative estimate of drug-likeness (QED) is 0.737. The van der Waals surface area contributed by atoms with E-state index in [0.717, 1.165) is 30.8 Å². The monoisotopic (exact) mass is 283 g/mol. The number of thiazole rings is 1. The van der Waals surface area contributed by atoms with Crippen molar-refractivity contribution in [2.75, 3.05) is 13.1 Å². The lowest BCUT2D eigenvalue weighted by Gasteiger charge is -2.22. The normalized spacial score (nSPS) is 19.1. The Labute approximate surface area is 115 Å². The highest BCUT2D eigenvalue weighted by Gasteiger charge is 2.19. The minimum atomic E-state index is -1.02. The molecule has 1 aliphatic rings. The fraction of sp³-hybridized carbons (Fsp3) is 0.583. The van der Waals surface area contributed by atoms with Crippen molar-refractivity contribution in [3.63, 3.8) is 0 Å². The maximum Gasteiger partial charge on any atom is 0.355 e. The minimum Gasteiger partial charge on any atom is -0.476 e. The van der Waals surface area contributed by atoms with Crippen LogP contribution < -0.4 is 10.6 Å². The zero-order chi connectivity index (χ0) is 13.7. The largest absolute Gasteiger partial charge is 0.476 e. The predicted octanol–water partition coefficient (Wildman–Crippen LogP) is 0.642. The molecular weight excluding hydrogens is 266 g/mol. The molecule has 1 amide bonds. The standard InChI is InChI=1S/C12H17N3O3S/c16-11(8-3-1-2-5-13-8)14-6-4-10-15-9(7-19-10)12(17)18/h7-8,13H,1-6H2,(H,14,16)(H,17,18)/t8-/m1/s1. The smallest absolute Gasteiger partial charge is 0.355 e. The Morgan fingerprint density at radius 2 is 2.37 bits per heavy atom. The van der Waals surface area contributed by atoms with Crippen LogP contribution >= 0.6 is 11.3 Å². The van der Waals surface area contributed by atoms with Gasteiger partial charge in [-0.05, 0) is 19.4 Å². The van der Waals surface area contributed by atoms with Gasteiger partial charge in [-0.1, -0.05) is 6.42 Å². The fourth-order valence-electron chi connectivity index (χ4n) is 2.02. The summed E-state index contributed by atoms with van der Waals surface area (Å²) in [6, 6.07) is -0.0837. The number of carboxylic acid groups (broad SMARTS) is 1. The summed E-state index contributed by atoms with van der Waals surface area (Å²) >= 11 is 1.31. The summed E-state index contributed by atoms with van der Waals surface area (Å²) in [5.41, 5.74) is 0.0697. The van der Waals surface area contributed by atoms with E-state index in [9.17, 15) is 9.59 Å². The van der Waals surface area contributed by atoms with Crippen LogP contribution in [0.2, 0.25) is 0 Å². The zero-order valence-electron chi connectivity index (χ0n) is 10.5. The van der Waals surface area contributed by atoms with Crippen LogP contribution in [0.1, 0.15) is 34.8 Å². The number of hydrogen-bond acceptors (Lipinski definition) is 5. The predicted molar refractivity (Wildman–Crippen MR) is 71.4 cm³/mol. The van der Waals surface area contributed by atoms with E-state index in [1.807, 2.05) is 0 Å². The van der Waals surface area contributed by atoms with Gasteiger partial charge in [0.2, 0.25) is 5.91 Å². The lowest BCUT2D eigenvalue weighted by atomic mass is 10.0. The molecule has 104 valence electrons. The van der Waals surface area contributed by atoms with Gasteiger partial charge < -0.3 is 15.7 Å². The summed E-state index contributed by atoms with van der Waals surface area (Å²) in [6.07, 6.45) is 3.66. The lowest BCUT2D eigenvalue weighted by Crippen LogP contribution is -2.47. The Bertz CT molecular complexity index is 455. The Morgan fingerprint density at radius 1 is 1.53 bits per heavy atom. The molecule has 2 heterocycles. The first-order chi connectivity index (χ1) is 9.16. The second-order valence-corrected chi connectivity index (χ2v) is 5.42. The average molecular weight is 283 g/mol. The van der Waals surface area contributed by atoms with Crippen LogP contribution in [-0.4, -0.2) is 41.1 Å². The number of carboxylic acids is 1. The van der Waals surface area contributed by atoms with Gasteiger partial charge >= 0.3 is 5.97 Å². The molecule has 7 heteroatoms. The van der Waals surface area contributed by atoms with Crippen molar-refractivity contribution in [2.24, 2.45) is 0 Å². The van der Waals surface area contributed by atoms with Gasteiger partial charge in [0.1, 0.15) is 0 Å². The van der Waals surface area contributed by atoms with E-state index < -0.39 is 5.97 Å². The van der Waals surface area contributed by atoms with E-state index in [2.05, 4.69) is 15.6 Å². The highest BCUT2D eigenvalue weighted by Crippen LogP contribution is 2.10. The third kappa shape index (κ3) is 4.00. The third-order valence-corrected chi connectivity index (χ3v) is 3.94. The number of carbonyl (C=O) groups excluding carboxylic acids is 1. The highest BCUT2D eigenvalue weighted by molar-refractivity contribution is 7.09. The van der Waals surface area contributed by atoms with Crippen molar-refractivity contribution >= 4 is 23.2 Å². The Hall–Kier alpha value is -1.47. The first-order valence-electron chi connectivity index (χ1n) is 6.35. The van der Waals surface area contributed by atoms with Gasteiger partial charge in [-0.3, -0.25) is 4.79 Å². The van der Waals surface area contributed by atoms with E-state index >= 15 is 0 Å². The zero-order valence-corrected chi connectivity index (χ0v) is 11.3. The molecule has 0 saturated carbocycles. The second-order valence-electron chi connectivity index (χ2n) is 4.48. The molecule has 1 aliphatic heterocycles. The minimum absolute atomic E-state index is 0.0229. The van der Waals surface area contributed by atoms with Crippen LogP contribution in [-0.2, 0) is 11.2 Å². The maximum absolute atomic E-state index is 11.8. The maximum atomic E-state index is 11.8. The Balaban J connectivity index is 1.73. The molecule has 1 atom stereocenters. The number of carbonyl (C=O) groups is 2. The van der Waals surface area contributed by atoms with Gasteiger partial charge in [-0.2, -0.15) is 0 Å². The van der Waals surface area contributed by atoms with Crippen LogP contribution in [0.5, 0.6) is 0 Å². The molecule has 0 aromatic carbocycles. The molecule has 6 nitrogen and oxygen atoms in total. The van der Waals surface area contributed by atoms with Crippen LogP contribution in [0.4, 0.5) is 0 Å². The van der Waals surface area contributed by atoms with Crippen molar-refractivity contribution in [3.8, 4) is 0 Å². The van der Waals surface area contributed by atoms with E-state index in [1.54, 1.807) is 0 Å². The summed E-state index contributed by atoms with van der Waals surface area (Å²) < 4.78 is 0.